The summed E-state index contributed by atoms with van der Waals surface area (Å²) in [5.41, 5.74) is 5.80. The van der Waals surface area contributed by atoms with E-state index in [1.165, 1.54) is 19.3 Å². The van der Waals surface area contributed by atoms with Gasteiger partial charge in [0.25, 0.3) is 0 Å². The lowest BCUT2D eigenvalue weighted by molar-refractivity contribution is 0.315. The second-order valence-corrected chi connectivity index (χ2v) is 5.15. The van der Waals surface area contributed by atoms with Gasteiger partial charge >= 0.3 is 0 Å². The highest BCUT2D eigenvalue weighted by atomic mass is 16.5. The van der Waals surface area contributed by atoms with Gasteiger partial charge in [0.1, 0.15) is 23.9 Å². The van der Waals surface area contributed by atoms with Crippen LogP contribution in [0.15, 0.2) is 23.2 Å². The van der Waals surface area contributed by atoms with Crippen molar-refractivity contribution in [1.82, 2.24) is 5.32 Å². The average Bonchev–Trinajstić information content (AvgIpc) is 2.58. The van der Waals surface area contributed by atoms with E-state index in [-0.39, 0.29) is 0 Å². The summed E-state index contributed by atoms with van der Waals surface area (Å²) in [4.78, 5) is 4.28. The fourth-order valence-corrected chi connectivity index (χ4v) is 2.01. The maximum absolute atomic E-state index is 5.80. The normalized spacial score (nSPS) is 11.2. The lowest BCUT2D eigenvalue weighted by Crippen LogP contribution is -2.34. The summed E-state index contributed by atoms with van der Waals surface area (Å²) in [5, 5.41) is 3.04. The quantitative estimate of drug-likeness (QED) is 0.372. The number of nitrogens with one attached hydrogen (secondary N) is 1. The number of benzene rings is 1. The van der Waals surface area contributed by atoms with Crippen LogP contribution in [-0.4, -0.2) is 39.9 Å². The Balaban J connectivity index is 2.27. The zero-order valence-corrected chi connectivity index (χ0v) is 14.4. The van der Waals surface area contributed by atoms with Crippen molar-refractivity contribution in [3.8, 4) is 17.2 Å². The van der Waals surface area contributed by atoms with Crippen LogP contribution in [0.1, 0.15) is 32.6 Å². The van der Waals surface area contributed by atoms with Crippen LogP contribution in [0, 0.1) is 0 Å². The minimum Gasteiger partial charge on any atom is -0.496 e. The number of rotatable bonds is 11. The Kier molecular flexibility index (Phi) is 9.43. The number of guanidine groups is 1. The van der Waals surface area contributed by atoms with E-state index in [4.69, 9.17) is 19.9 Å². The fourth-order valence-electron chi connectivity index (χ4n) is 2.01. The molecule has 0 fully saturated rings. The van der Waals surface area contributed by atoms with Gasteiger partial charge in [-0.3, -0.25) is 4.99 Å². The van der Waals surface area contributed by atoms with E-state index >= 15 is 0 Å². The topological polar surface area (TPSA) is 78.1 Å². The third kappa shape index (κ3) is 8.18. The van der Waals surface area contributed by atoms with Gasteiger partial charge in [-0.1, -0.05) is 26.2 Å². The standard InChI is InChI=1S/C17H29N3O3/c1-4-5-6-7-8-19-17(18)20-9-10-23-16-12-14(21-2)11-15(13-16)22-3/h11-13H,4-10H2,1-3H3,(H3,18,19,20). The van der Waals surface area contributed by atoms with E-state index in [1.54, 1.807) is 20.3 Å². The van der Waals surface area contributed by atoms with Gasteiger partial charge in [0.15, 0.2) is 5.96 Å². The van der Waals surface area contributed by atoms with Crippen LogP contribution in [0.2, 0.25) is 0 Å². The number of unbranched alkanes of at least 4 members (excludes halogenated alkanes) is 3. The minimum absolute atomic E-state index is 0.466. The molecule has 0 aliphatic carbocycles. The Morgan fingerprint density at radius 2 is 1.70 bits per heavy atom. The van der Waals surface area contributed by atoms with Crippen molar-refractivity contribution < 1.29 is 14.2 Å². The molecule has 0 unspecified atom stereocenters. The summed E-state index contributed by atoms with van der Waals surface area (Å²) in [6, 6.07) is 5.43. The third-order valence-corrected chi connectivity index (χ3v) is 3.30. The second-order valence-electron chi connectivity index (χ2n) is 5.15. The largest absolute Gasteiger partial charge is 0.496 e. The maximum Gasteiger partial charge on any atom is 0.188 e. The number of methoxy groups -OCH3 is 2. The molecule has 0 atom stereocenters. The van der Waals surface area contributed by atoms with Crippen LogP contribution in [0.25, 0.3) is 0 Å². The summed E-state index contributed by atoms with van der Waals surface area (Å²) in [7, 11) is 3.22. The van der Waals surface area contributed by atoms with E-state index in [2.05, 4.69) is 17.2 Å². The Labute approximate surface area is 139 Å². The van der Waals surface area contributed by atoms with E-state index in [0.29, 0.717) is 36.4 Å². The van der Waals surface area contributed by atoms with Crippen molar-refractivity contribution >= 4 is 5.96 Å². The van der Waals surface area contributed by atoms with Gasteiger partial charge in [-0.2, -0.15) is 0 Å². The second kappa shape index (κ2) is 11.5. The van der Waals surface area contributed by atoms with E-state index in [1.807, 2.05) is 12.1 Å². The molecule has 6 nitrogen and oxygen atoms in total. The first-order chi connectivity index (χ1) is 11.2. The predicted octanol–water partition coefficient (Wildman–Crippen LogP) is 2.57. The molecule has 130 valence electrons. The predicted molar refractivity (Wildman–Crippen MR) is 93.7 cm³/mol. The van der Waals surface area contributed by atoms with Crippen molar-refractivity contribution in [1.29, 1.82) is 0 Å². The molecule has 0 heterocycles. The van der Waals surface area contributed by atoms with Crippen LogP contribution in [0.5, 0.6) is 17.2 Å². The molecule has 1 rings (SSSR count). The van der Waals surface area contributed by atoms with E-state index in [9.17, 15) is 0 Å². The molecular formula is C17H29N3O3. The van der Waals surface area contributed by atoms with Crippen molar-refractivity contribution in [2.75, 3.05) is 33.9 Å². The van der Waals surface area contributed by atoms with Crippen molar-refractivity contribution in [3.63, 3.8) is 0 Å². The summed E-state index contributed by atoms with van der Waals surface area (Å²) in [6.07, 6.45) is 4.76. The number of ether oxygens (including phenoxy) is 3. The van der Waals surface area contributed by atoms with Gasteiger partial charge in [0.05, 0.1) is 20.8 Å². The molecular weight excluding hydrogens is 294 g/mol. The third-order valence-electron chi connectivity index (χ3n) is 3.30. The van der Waals surface area contributed by atoms with Crippen LogP contribution >= 0.6 is 0 Å². The molecule has 6 heteroatoms. The molecule has 0 saturated heterocycles. The van der Waals surface area contributed by atoms with Crippen LogP contribution in [0.4, 0.5) is 0 Å². The zero-order chi connectivity index (χ0) is 16.9. The lowest BCUT2D eigenvalue weighted by atomic mass is 10.2. The van der Waals surface area contributed by atoms with Crippen LogP contribution < -0.4 is 25.3 Å². The highest BCUT2D eigenvalue weighted by Crippen LogP contribution is 2.27. The van der Waals surface area contributed by atoms with Gasteiger partial charge in [-0.05, 0) is 6.42 Å². The van der Waals surface area contributed by atoms with Crippen molar-refractivity contribution in [3.05, 3.63) is 18.2 Å². The number of hydrogen-bond acceptors (Lipinski definition) is 4. The highest BCUT2D eigenvalue weighted by molar-refractivity contribution is 5.77. The van der Waals surface area contributed by atoms with Gasteiger partial charge in [-0.25, -0.2) is 0 Å². The molecule has 0 aliphatic rings. The Morgan fingerprint density at radius 1 is 1.04 bits per heavy atom. The molecule has 23 heavy (non-hydrogen) atoms. The average molecular weight is 323 g/mol. The Morgan fingerprint density at radius 3 is 2.30 bits per heavy atom. The summed E-state index contributed by atoms with van der Waals surface area (Å²) in [6.45, 7) is 4.02. The molecule has 1 aromatic carbocycles. The summed E-state index contributed by atoms with van der Waals surface area (Å²) >= 11 is 0. The van der Waals surface area contributed by atoms with E-state index in [0.717, 1.165) is 13.0 Å². The van der Waals surface area contributed by atoms with Gasteiger partial charge in [-0.15, -0.1) is 0 Å². The molecule has 0 amide bonds. The molecule has 0 bridgehead atoms. The smallest absolute Gasteiger partial charge is 0.188 e. The number of aliphatic imine (C=N–C) groups is 1. The molecule has 1 aromatic rings. The van der Waals surface area contributed by atoms with Crippen LogP contribution in [-0.2, 0) is 0 Å². The summed E-state index contributed by atoms with van der Waals surface area (Å²) in [5.74, 6) is 2.55. The molecule has 3 N–H and O–H groups in total. The lowest BCUT2D eigenvalue weighted by Gasteiger charge is -2.11. The summed E-state index contributed by atoms with van der Waals surface area (Å²) < 4.78 is 16.1. The first kappa shape index (κ1) is 18.9. The SMILES string of the molecule is CCCCCCN=C(N)NCCOc1cc(OC)cc(OC)c1. The van der Waals surface area contributed by atoms with Crippen molar-refractivity contribution in [2.24, 2.45) is 10.7 Å². The van der Waals surface area contributed by atoms with Gasteiger partial charge in [0.2, 0.25) is 0 Å². The van der Waals surface area contributed by atoms with Crippen molar-refractivity contribution in [2.45, 2.75) is 32.6 Å². The van der Waals surface area contributed by atoms with E-state index < -0.39 is 0 Å². The molecule has 0 aliphatic heterocycles. The van der Waals surface area contributed by atoms with Gasteiger partial charge < -0.3 is 25.3 Å². The first-order valence-corrected chi connectivity index (χ1v) is 8.09. The molecule has 0 saturated carbocycles. The Bertz CT molecular complexity index is 456. The monoisotopic (exact) mass is 323 g/mol. The highest BCUT2D eigenvalue weighted by Gasteiger charge is 2.02. The number of nitrogens with zero attached hydrogens (tertiary/aromatic N) is 1. The molecule has 0 radical (unpaired) electrons. The Hall–Kier alpha value is -2.11. The maximum atomic E-state index is 5.80. The minimum atomic E-state index is 0.466. The zero-order valence-electron chi connectivity index (χ0n) is 14.4. The molecule has 0 aromatic heterocycles. The first-order valence-electron chi connectivity index (χ1n) is 8.09. The molecule has 0 spiro atoms. The van der Waals surface area contributed by atoms with Gasteiger partial charge in [0, 0.05) is 24.7 Å². The van der Waals surface area contributed by atoms with Crippen LogP contribution in [0.3, 0.4) is 0 Å². The number of hydrogen-bond donors (Lipinski definition) is 2. The fraction of sp³-hybridized carbons (Fsp3) is 0.588. The number of nitrogens with two attached hydrogens (primary N) is 1.